The van der Waals surface area contributed by atoms with Crippen LogP contribution in [0.15, 0.2) is 24.3 Å². The zero-order valence-electron chi connectivity index (χ0n) is 12.1. The van der Waals surface area contributed by atoms with Gasteiger partial charge in [-0.05, 0) is 44.6 Å². The summed E-state index contributed by atoms with van der Waals surface area (Å²) in [5.41, 5.74) is 8.60. The molecule has 20 heavy (non-hydrogen) atoms. The van der Waals surface area contributed by atoms with E-state index in [1.807, 2.05) is 0 Å². The molecule has 0 radical (unpaired) electrons. The fraction of sp³-hybridized carbons (Fsp3) is 0.588. The maximum Gasteiger partial charge on any atom is 0.229 e. The van der Waals surface area contributed by atoms with Crippen molar-refractivity contribution >= 4 is 5.91 Å². The minimum atomic E-state index is -0.0822. The SMILES string of the molecule is Cc1cccc(C2CCCN2C(=O)C23CC(N)(C2)C3)c1. The number of hydrogen-bond donors (Lipinski definition) is 1. The number of nitrogens with zero attached hydrogens (tertiary/aromatic N) is 1. The highest BCUT2D eigenvalue weighted by atomic mass is 16.2. The van der Waals surface area contributed by atoms with Crippen LogP contribution >= 0.6 is 0 Å². The molecule has 1 saturated heterocycles. The molecule has 1 atom stereocenters. The molecule has 0 aromatic heterocycles. The zero-order valence-corrected chi connectivity index (χ0v) is 12.1. The van der Waals surface area contributed by atoms with E-state index >= 15 is 0 Å². The van der Waals surface area contributed by atoms with Crippen LogP contribution in [0.3, 0.4) is 0 Å². The van der Waals surface area contributed by atoms with Crippen molar-refractivity contribution in [3.05, 3.63) is 35.4 Å². The molecule has 3 heteroatoms. The van der Waals surface area contributed by atoms with Gasteiger partial charge in [0.1, 0.15) is 0 Å². The minimum absolute atomic E-state index is 0.00815. The van der Waals surface area contributed by atoms with Crippen molar-refractivity contribution in [3.8, 4) is 0 Å². The summed E-state index contributed by atoms with van der Waals surface area (Å²) in [5.74, 6) is 0.369. The predicted octanol–water partition coefficient (Wildman–Crippen LogP) is 2.54. The van der Waals surface area contributed by atoms with Crippen LogP contribution in [0.25, 0.3) is 0 Å². The third kappa shape index (κ3) is 1.59. The van der Waals surface area contributed by atoms with Crippen molar-refractivity contribution in [1.29, 1.82) is 0 Å². The molecule has 4 aliphatic rings. The second-order valence-electron chi connectivity index (χ2n) is 7.24. The minimum Gasteiger partial charge on any atom is -0.335 e. The van der Waals surface area contributed by atoms with Gasteiger partial charge in [-0.2, -0.15) is 0 Å². The Kier molecular flexibility index (Phi) is 2.39. The Morgan fingerprint density at radius 1 is 1.35 bits per heavy atom. The van der Waals surface area contributed by atoms with E-state index in [4.69, 9.17) is 5.73 Å². The summed E-state index contributed by atoms with van der Waals surface area (Å²) < 4.78 is 0. The maximum atomic E-state index is 12.9. The lowest BCUT2D eigenvalue weighted by atomic mass is 9.39. The normalized spacial score (nSPS) is 38.3. The average Bonchev–Trinajstić information content (AvgIpc) is 2.82. The molecule has 1 aliphatic heterocycles. The third-order valence-electron chi connectivity index (χ3n) is 5.47. The first-order chi connectivity index (χ1) is 9.51. The lowest BCUT2D eigenvalue weighted by molar-refractivity contribution is -0.184. The van der Waals surface area contributed by atoms with Crippen LogP contribution in [-0.2, 0) is 4.79 Å². The Labute approximate surface area is 120 Å². The van der Waals surface area contributed by atoms with Gasteiger partial charge in [-0.1, -0.05) is 29.8 Å². The molecule has 5 rings (SSSR count). The summed E-state index contributed by atoms with van der Waals surface area (Å²) in [6.45, 7) is 3.03. The smallest absolute Gasteiger partial charge is 0.229 e. The number of carbonyl (C=O) groups excluding carboxylic acids is 1. The molecule has 1 amide bonds. The zero-order chi connectivity index (χ0) is 14.0. The van der Waals surface area contributed by atoms with E-state index in [0.29, 0.717) is 5.91 Å². The van der Waals surface area contributed by atoms with Crippen LogP contribution in [-0.4, -0.2) is 22.9 Å². The fourth-order valence-corrected chi connectivity index (χ4v) is 4.63. The molecular formula is C17H22N2O. The quantitative estimate of drug-likeness (QED) is 0.897. The van der Waals surface area contributed by atoms with E-state index in [1.54, 1.807) is 0 Å². The number of carbonyl (C=O) groups is 1. The van der Waals surface area contributed by atoms with Crippen molar-refractivity contribution < 1.29 is 4.79 Å². The highest BCUT2D eigenvalue weighted by molar-refractivity contribution is 5.87. The monoisotopic (exact) mass is 270 g/mol. The number of benzene rings is 1. The van der Waals surface area contributed by atoms with E-state index in [9.17, 15) is 4.79 Å². The van der Waals surface area contributed by atoms with Crippen LogP contribution in [0.5, 0.6) is 0 Å². The van der Waals surface area contributed by atoms with Crippen molar-refractivity contribution in [1.82, 2.24) is 4.90 Å². The van der Waals surface area contributed by atoms with E-state index < -0.39 is 0 Å². The second kappa shape index (κ2) is 3.85. The van der Waals surface area contributed by atoms with Crippen LogP contribution in [0.2, 0.25) is 0 Å². The van der Waals surface area contributed by atoms with Crippen LogP contribution in [0.4, 0.5) is 0 Å². The van der Waals surface area contributed by atoms with Gasteiger partial charge < -0.3 is 10.6 Å². The summed E-state index contributed by atoms with van der Waals surface area (Å²) in [6, 6.07) is 8.88. The van der Waals surface area contributed by atoms with Crippen molar-refractivity contribution in [3.63, 3.8) is 0 Å². The number of nitrogens with two attached hydrogens (primary N) is 1. The fourth-order valence-electron chi connectivity index (χ4n) is 4.63. The first-order valence-electron chi connectivity index (χ1n) is 7.68. The number of likely N-dealkylation sites (tertiary alicyclic amines) is 1. The number of hydrogen-bond acceptors (Lipinski definition) is 2. The molecule has 0 spiro atoms. The Hall–Kier alpha value is -1.35. The molecule has 1 heterocycles. The summed E-state index contributed by atoms with van der Waals surface area (Å²) in [6.07, 6.45) is 4.95. The van der Waals surface area contributed by atoms with Crippen LogP contribution < -0.4 is 5.73 Å². The Balaban J connectivity index is 1.57. The molecule has 3 saturated carbocycles. The number of amides is 1. The van der Waals surface area contributed by atoms with Gasteiger partial charge in [0, 0.05) is 12.1 Å². The standard InChI is InChI=1S/C17H22N2O/c1-12-4-2-5-13(8-12)14-6-3-7-19(14)15(20)16-9-17(18,10-16)11-16/h2,4-5,8,14H,3,6-7,9-11,18H2,1H3. The van der Waals surface area contributed by atoms with Crippen LogP contribution in [0, 0.1) is 12.3 Å². The molecule has 2 N–H and O–H groups in total. The Morgan fingerprint density at radius 2 is 2.10 bits per heavy atom. The molecule has 1 unspecified atom stereocenters. The average molecular weight is 270 g/mol. The highest BCUT2D eigenvalue weighted by Gasteiger charge is 2.70. The number of aryl methyl sites for hydroxylation is 1. The largest absolute Gasteiger partial charge is 0.335 e. The Bertz CT molecular complexity index is 560. The first kappa shape index (κ1) is 12.4. The lowest BCUT2D eigenvalue weighted by Crippen LogP contribution is -2.76. The third-order valence-corrected chi connectivity index (χ3v) is 5.47. The van der Waals surface area contributed by atoms with E-state index in [2.05, 4.69) is 36.1 Å². The topological polar surface area (TPSA) is 46.3 Å². The van der Waals surface area contributed by atoms with Gasteiger partial charge in [0.2, 0.25) is 5.91 Å². The van der Waals surface area contributed by atoms with E-state index in [-0.39, 0.29) is 17.0 Å². The molecule has 2 bridgehead atoms. The molecule has 3 aliphatic carbocycles. The van der Waals surface area contributed by atoms with Gasteiger partial charge in [-0.25, -0.2) is 0 Å². The number of rotatable bonds is 2. The highest BCUT2D eigenvalue weighted by Crippen LogP contribution is 2.67. The second-order valence-corrected chi connectivity index (χ2v) is 7.24. The molecule has 106 valence electrons. The van der Waals surface area contributed by atoms with Gasteiger partial charge in [0.15, 0.2) is 0 Å². The molecule has 1 aromatic carbocycles. The molecule has 1 aromatic rings. The lowest BCUT2D eigenvalue weighted by Gasteiger charge is -2.68. The van der Waals surface area contributed by atoms with Crippen molar-refractivity contribution in [2.75, 3.05) is 6.54 Å². The molecule has 4 fully saturated rings. The Morgan fingerprint density at radius 3 is 2.75 bits per heavy atom. The molecular weight excluding hydrogens is 248 g/mol. The van der Waals surface area contributed by atoms with Gasteiger partial charge >= 0.3 is 0 Å². The summed E-state index contributed by atoms with van der Waals surface area (Å²) in [5, 5.41) is 0. The van der Waals surface area contributed by atoms with E-state index in [1.165, 1.54) is 11.1 Å². The van der Waals surface area contributed by atoms with Gasteiger partial charge in [-0.15, -0.1) is 0 Å². The summed E-state index contributed by atoms with van der Waals surface area (Å²) in [4.78, 5) is 15.0. The van der Waals surface area contributed by atoms with Crippen LogP contribution in [0.1, 0.15) is 49.3 Å². The summed E-state index contributed by atoms with van der Waals surface area (Å²) in [7, 11) is 0. The van der Waals surface area contributed by atoms with Gasteiger partial charge in [0.25, 0.3) is 0 Å². The predicted molar refractivity (Wildman–Crippen MR) is 78.1 cm³/mol. The van der Waals surface area contributed by atoms with Gasteiger partial charge in [-0.3, -0.25) is 4.79 Å². The first-order valence-corrected chi connectivity index (χ1v) is 7.68. The van der Waals surface area contributed by atoms with Gasteiger partial charge in [0.05, 0.1) is 11.5 Å². The van der Waals surface area contributed by atoms with Crippen molar-refractivity contribution in [2.45, 2.75) is 50.6 Å². The maximum absolute atomic E-state index is 12.9. The van der Waals surface area contributed by atoms with Crippen molar-refractivity contribution in [2.24, 2.45) is 11.1 Å². The van der Waals surface area contributed by atoms with E-state index in [0.717, 1.165) is 38.6 Å². The summed E-state index contributed by atoms with van der Waals surface area (Å²) >= 11 is 0. The molecule has 3 nitrogen and oxygen atoms in total.